The third-order valence-corrected chi connectivity index (χ3v) is 5.76. The molecule has 0 spiro atoms. The van der Waals surface area contributed by atoms with Gasteiger partial charge in [0.1, 0.15) is 11.7 Å². The van der Waals surface area contributed by atoms with E-state index in [-0.39, 0.29) is 29.3 Å². The van der Waals surface area contributed by atoms with E-state index in [0.717, 1.165) is 10.2 Å². The molecule has 1 aromatic heterocycles. The number of aromatic nitrogens is 1. The number of ketones is 1. The predicted molar refractivity (Wildman–Crippen MR) is 93.5 cm³/mol. The van der Waals surface area contributed by atoms with Crippen molar-refractivity contribution in [3.8, 4) is 0 Å². The van der Waals surface area contributed by atoms with Crippen LogP contribution in [-0.4, -0.2) is 28.9 Å². The standard InChI is InChI=1S/C17H20N4O2S/c1-17(2,3)12-8-10(22)13-14(19-12)20-21(15(13)23)16-18-9-6-4-5-7-11(9)24-16/h4-7,12-14,19-20H,8H2,1-3H3. The van der Waals surface area contributed by atoms with Crippen LogP contribution >= 0.6 is 11.3 Å². The molecule has 6 nitrogen and oxygen atoms in total. The number of hydrazine groups is 1. The summed E-state index contributed by atoms with van der Waals surface area (Å²) in [6, 6.07) is 7.80. The van der Waals surface area contributed by atoms with E-state index in [1.165, 1.54) is 16.3 Å². The molecule has 0 bridgehead atoms. The Labute approximate surface area is 144 Å². The van der Waals surface area contributed by atoms with Gasteiger partial charge in [-0.2, -0.15) is 0 Å². The number of rotatable bonds is 1. The Balaban J connectivity index is 1.64. The molecule has 2 aromatic rings. The average molecular weight is 344 g/mol. The summed E-state index contributed by atoms with van der Waals surface area (Å²) in [5.74, 6) is -0.890. The van der Waals surface area contributed by atoms with Crippen LogP contribution in [0.3, 0.4) is 0 Å². The summed E-state index contributed by atoms with van der Waals surface area (Å²) < 4.78 is 1.02. The van der Waals surface area contributed by atoms with E-state index in [9.17, 15) is 9.59 Å². The van der Waals surface area contributed by atoms with Crippen LogP contribution in [0.1, 0.15) is 27.2 Å². The summed E-state index contributed by atoms with van der Waals surface area (Å²) in [6.45, 7) is 6.29. The number of para-hydroxylation sites is 1. The number of benzene rings is 1. The van der Waals surface area contributed by atoms with Gasteiger partial charge in [-0.15, -0.1) is 0 Å². The number of fused-ring (bicyclic) bond motifs is 2. The molecule has 4 rings (SSSR count). The van der Waals surface area contributed by atoms with Gasteiger partial charge in [0, 0.05) is 12.5 Å². The van der Waals surface area contributed by atoms with Crippen molar-refractivity contribution in [2.45, 2.75) is 39.4 Å². The molecule has 0 aliphatic carbocycles. The van der Waals surface area contributed by atoms with Crippen LogP contribution in [-0.2, 0) is 9.59 Å². The number of thiazole rings is 1. The zero-order valence-corrected chi connectivity index (χ0v) is 14.7. The van der Waals surface area contributed by atoms with E-state index in [4.69, 9.17) is 0 Å². The number of nitrogens with zero attached hydrogens (tertiary/aromatic N) is 2. The number of hydrogen-bond donors (Lipinski definition) is 2. The fourth-order valence-electron chi connectivity index (χ4n) is 3.28. The Morgan fingerprint density at radius 1 is 1.25 bits per heavy atom. The predicted octanol–water partition coefficient (Wildman–Crippen LogP) is 2.07. The van der Waals surface area contributed by atoms with Gasteiger partial charge in [0.25, 0.3) is 5.91 Å². The monoisotopic (exact) mass is 344 g/mol. The molecular weight excluding hydrogens is 324 g/mol. The Morgan fingerprint density at radius 3 is 2.71 bits per heavy atom. The highest BCUT2D eigenvalue weighted by Crippen LogP contribution is 2.35. The Bertz CT molecular complexity index is 792. The van der Waals surface area contributed by atoms with E-state index < -0.39 is 5.92 Å². The lowest BCUT2D eigenvalue weighted by Crippen LogP contribution is -2.59. The van der Waals surface area contributed by atoms with E-state index in [1.54, 1.807) is 0 Å². The van der Waals surface area contributed by atoms with Crippen molar-refractivity contribution in [2.24, 2.45) is 11.3 Å². The molecule has 3 unspecified atom stereocenters. The highest BCUT2D eigenvalue weighted by atomic mass is 32.1. The summed E-state index contributed by atoms with van der Waals surface area (Å²) in [6.07, 6.45) is 0.0150. The highest BCUT2D eigenvalue weighted by Gasteiger charge is 2.51. The van der Waals surface area contributed by atoms with Crippen LogP contribution in [0.5, 0.6) is 0 Å². The molecule has 0 saturated carbocycles. The maximum atomic E-state index is 12.8. The molecule has 7 heteroatoms. The lowest BCUT2D eigenvalue weighted by atomic mass is 9.78. The Kier molecular flexibility index (Phi) is 3.49. The maximum Gasteiger partial charge on any atom is 0.257 e. The molecule has 0 radical (unpaired) electrons. The Morgan fingerprint density at radius 2 is 2.00 bits per heavy atom. The number of carbonyl (C=O) groups excluding carboxylic acids is 2. The molecular formula is C17H20N4O2S. The molecule has 24 heavy (non-hydrogen) atoms. The molecule has 126 valence electrons. The Hall–Kier alpha value is -1.83. The van der Waals surface area contributed by atoms with Crippen LogP contribution in [0.25, 0.3) is 10.2 Å². The van der Waals surface area contributed by atoms with E-state index in [1.807, 2.05) is 24.3 Å². The van der Waals surface area contributed by atoms with Crippen LogP contribution < -0.4 is 15.8 Å². The number of amides is 1. The fraction of sp³-hybridized carbons (Fsp3) is 0.471. The molecule has 2 aliphatic heterocycles. The van der Waals surface area contributed by atoms with Gasteiger partial charge in [0.05, 0.1) is 16.4 Å². The molecule has 1 amide bonds. The first-order chi connectivity index (χ1) is 11.3. The minimum atomic E-state index is -0.671. The molecule has 2 fully saturated rings. The summed E-state index contributed by atoms with van der Waals surface area (Å²) in [7, 11) is 0. The summed E-state index contributed by atoms with van der Waals surface area (Å²) in [5.41, 5.74) is 3.96. The second-order valence-corrected chi connectivity index (χ2v) is 8.49. The van der Waals surface area contributed by atoms with E-state index in [2.05, 4.69) is 36.5 Å². The van der Waals surface area contributed by atoms with Gasteiger partial charge in [0.15, 0.2) is 0 Å². The molecule has 3 atom stereocenters. The van der Waals surface area contributed by atoms with E-state index >= 15 is 0 Å². The molecule has 3 heterocycles. The van der Waals surface area contributed by atoms with Crippen molar-refractivity contribution in [3.05, 3.63) is 24.3 Å². The second kappa shape index (κ2) is 5.34. The quantitative estimate of drug-likeness (QED) is 0.775. The number of Topliss-reactive ketones (excluding diaryl/α,β-unsaturated/α-hetero) is 1. The first-order valence-electron chi connectivity index (χ1n) is 8.09. The maximum absolute atomic E-state index is 12.8. The lowest BCUT2D eigenvalue weighted by molar-refractivity contribution is -0.134. The topological polar surface area (TPSA) is 74.3 Å². The molecule has 2 N–H and O–H groups in total. The zero-order valence-electron chi connectivity index (χ0n) is 13.9. The lowest BCUT2D eigenvalue weighted by Gasteiger charge is -2.38. The first-order valence-corrected chi connectivity index (χ1v) is 8.91. The van der Waals surface area contributed by atoms with Crippen LogP contribution in [0.2, 0.25) is 0 Å². The van der Waals surface area contributed by atoms with Gasteiger partial charge in [-0.1, -0.05) is 44.2 Å². The van der Waals surface area contributed by atoms with Crippen LogP contribution in [0.15, 0.2) is 24.3 Å². The van der Waals surface area contributed by atoms with Gasteiger partial charge in [-0.25, -0.2) is 15.4 Å². The van der Waals surface area contributed by atoms with Crippen LogP contribution in [0, 0.1) is 11.3 Å². The van der Waals surface area contributed by atoms with Crippen molar-refractivity contribution in [1.82, 2.24) is 15.7 Å². The van der Waals surface area contributed by atoms with Crippen LogP contribution in [0.4, 0.5) is 5.13 Å². The highest BCUT2D eigenvalue weighted by molar-refractivity contribution is 7.22. The number of carbonyl (C=O) groups is 2. The zero-order chi connectivity index (χ0) is 17.1. The average Bonchev–Trinajstić information content (AvgIpc) is 3.07. The van der Waals surface area contributed by atoms with Crippen molar-refractivity contribution in [1.29, 1.82) is 0 Å². The third kappa shape index (κ3) is 2.44. The van der Waals surface area contributed by atoms with E-state index in [0.29, 0.717) is 11.6 Å². The van der Waals surface area contributed by atoms with Gasteiger partial charge in [-0.05, 0) is 17.5 Å². The van der Waals surface area contributed by atoms with Crippen molar-refractivity contribution < 1.29 is 9.59 Å². The minimum absolute atomic E-state index is 0.000198. The van der Waals surface area contributed by atoms with Gasteiger partial charge in [0.2, 0.25) is 5.13 Å². The normalized spacial score (nSPS) is 27.8. The summed E-state index contributed by atoms with van der Waals surface area (Å²) in [5, 5.41) is 5.45. The molecule has 2 aliphatic rings. The smallest absolute Gasteiger partial charge is 0.257 e. The number of piperidine rings is 1. The van der Waals surface area contributed by atoms with Gasteiger partial charge in [-0.3, -0.25) is 14.9 Å². The largest absolute Gasteiger partial charge is 0.299 e. The minimum Gasteiger partial charge on any atom is -0.299 e. The van der Waals surface area contributed by atoms with Gasteiger partial charge < -0.3 is 0 Å². The van der Waals surface area contributed by atoms with Gasteiger partial charge >= 0.3 is 0 Å². The fourth-order valence-corrected chi connectivity index (χ4v) is 4.22. The molecule has 1 aromatic carbocycles. The summed E-state index contributed by atoms with van der Waals surface area (Å²) in [4.78, 5) is 29.8. The third-order valence-electron chi connectivity index (χ3n) is 4.74. The van der Waals surface area contributed by atoms with Crippen molar-refractivity contribution in [2.75, 3.05) is 5.01 Å². The van der Waals surface area contributed by atoms with Crippen molar-refractivity contribution >= 4 is 38.4 Å². The molecule has 2 saturated heterocycles. The summed E-state index contributed by atoms with van der Waals surface area (Å²) >= 11 is 1.44. The van der Waals surface area contributed by atoms with Crippen molar-refractivity contribution in [3.63, 3.8) is 0 Å². The second-order valence-electron chi connectivity index (χ2n) is 7.48. The number of anilines is 1. The number of hydrogen-bond acceptors (Lipinski definition) is 6. The SMILES string of the molecule is CC(C)(C)C1CC(=O)C2C(=O)N(c3nc4ccccc4s3)NC2N1. The first kappa shape index (κ1) is 15.7. The number of nitrogens with one attached hydrogen (secondary N) is 2.